The molecule has 148 valence electrons. The summed E-state index contributed by atoms with van der Waals surface area (Å²) in [6, 6.07) is 9.11. The van der Waals surface area contributed by atoms with Gasteiger partial charge in [0.1, 0.15) is 11.5 Å². The molecule has 1 saturated heterocycles. The van der Waals surface area contributed by atoms with Crippen LogP contribution in [0.5, 0.6) is 0 Å². The van der Waals surface area contributed by atoms with Crippen molar-refractivity contribution < 1.29 is 23.7 Å². The van der Waals surface area contributed by atoms with Crippen molar-refractivity contribution >= 4 is 57.8 Å². The zero-order chi connectivity index (χ0) is 21.3. The lowest BCUT2D eigenvalue weighted by Crippen LogP contribution is -2.50. The zero-order valence-corrected chi connectivity index (χ0v) is 16.8. The standard InChI is InChI=1S/C18H13N3O6S2/c1-10(22)19(11(2)23)20-17(24)16(29-18(20)28)9-14-7-8-15(27-14)12-3-5-13(6-4-12)21(25)26/h3-9H,1-2H3/b16-9+. The third-order valence-corrected chi connectivity index (χ3v) is 5.12. The van der Waals surface area contributed by atoms with Gasteiger partial charge in [-0.3, -0.25) is 24.5 Å². The van der Waals surface area contributed by atoms with E-state index in [0.717, 1.165) is 30.6 Å². The average Bonchev–Trinajstić information content (AvgIpc) is 3.22. The number of furan rings is 1. The minimum Gasteiger partial charge on any atom is -0.457 e. The van der Waals surface area contributed by atoms with Gasteiger partial charge in [-0.05, 0) is 36.5 Å². The number of carbonyl (C=O) groups excluding carboxylic acids is 3. The number of nitro groups is 1. The SMILES string of the molecule is CC(=O)N(C(C)=O)N1C(=O)/C(=C\c2ccc(-c3ccc([N+](=O)[O-])cc3)o2)SC1=S. The third-order valence-electron chi connectivity index (χ3n) is 3.83. The van der Waals surface area contributed by atoms with Crippen molar-refractivity contribution in [2.24, 2.45) is 0 Å². The normalized spacial score (nSPS) is 15.1. The Morgan fingerprint density at radius 3 is 2.34 bits per heavy atom. The minimum absolute atomic E-state index is 0.0373. The van der Waals surface area contributed by atoms with Crippen molar-refractivity contribution in [3.63, 3.8) is 0 Å². The van der Waals surface area contributed by atoms with Gasteiger partial charge in [0, 0.05) is 37.6 Å². The van der Waals surface area contributed by atoms with Crippen molar-refractivity contribution in [3.05, 3.63) is 57.2 Å². The lowest BCUT2D eigenvalue weighted by molar-refractivity contribution is -0.384. The lowest BCUT2D eigenvalue weighted by Gasteiger charge is -2.26. The number of nitro benzene ring substituents is 1. The van der Waals surface area contributed by atoms with Crippen LogP contribution in [0.1, 0.15) is 19.6 Å². The molecule has 0 radical (unpaired) electrons. The first kappa shape index (κ1) is 20.4. The Morgan fingerprint density at radius 2 is 1.79 bits per heavy atom. The fourth-order valence-corrected chi connectivity index (χ4v) is 3.82. The van der Waals surface area contributed by atoms with E-state index in [2.05, 4.69) is 0 Å². The van der Waals surface area contributed by atoms with Gasteiger partial charge >= 0.3 is 0 Å². The Hall–Kier alpha value is -3.31. The Morgan fingerprint density at radius 1 is 1.17 bits per heavy atom. The number of non-ortho nitro benzene ring substituents is 1. The second-order valence-corrected chi connectivity index (χ2v) is 7.53. The maximum absolute atomic E-state index is 12.6. The predicted octanol–water partition coefficient (Wildman–Crippen LogP) is 3.37. The molecule has 0 aliphatic carbocycles. The van der Waals surface area contributed by atoms with Crippen molar-refractivity contribution in [1.29, 1.82) is 0 Å². The highest BCUT2D eigenvalue weighted by Crippen LogP contribution is 2.35. The number of hydrogen-bond acceptors (Lipinski definition) is 8. The largest absolute Gasteiger partial charge is 0.457 e. The topological polar surface area (TPSA) is 114 Å². The fourth-order valence-electron chi connectivity index (χ4n) is 2.60. The summed E-state index contributed by atoms with van der Waals surface area (Å²) in [5.41, 5.74) is 0.590. The molecule has 11 heteroatoms. The van der Waals surface area contributed by atoms with E-state index in [9.17, 15) is 24.5 Å². The highest BCUT2D eigenvalue weighted by atomic mass is 32.2. The lowest BCUT2D eigenvalue weighted by atomic mass is 10.1. The molecule has 1 aromatic heterocycles. The predicted molar refractivity (Wildman–Crippen MR) is 109 cm³/mol. The van der Waals surface area contributed by atoms with Gasteiger partial charge in [0.05, 0.1) is 9.83 Å². The van der Waals surface area contributed by atoms with Crippen LogP contribution in [0.15, 0.2) is 45.7 Å². The van der Waals surface area contributed by atoms with Crippen LogP contribution in [0, 0.1) is 10.1 Å². The molecule has 0 bridgehead atoms. The summed E-state index contributed by atoms with van der Waals surface area (Å²) >= 11 is 6.07. The van der Waals surface area contributed by atoms with E-state index in [4.69, 9.17) is 16.6 Å². The van der Waals surface area contributed by atoms with E-state index >= 15 is 0 Å². The first-order valence-corrected chi connectivity index (χ1v) is 9.35. The van der Waals surface area contributed by atoms with Crippen molar-refractivity contribution in [2.45, 2.75) is 13.8 Å². The average molecular weight is 431 g/mol. The number of hydrazine groups is 1. The van der Waals surface area contributed by atoms with Gasteiger partial charge in [0.15, 0.2) is 4.32 Å². The number of thioether (sulfide) groups is 1. The van der Waals surface area contributed by atoms with Crippen molar-refractivity contribution in [1.82, 2.24) is 10.0 Å². The van der Waals surface area contributed by atoms with Crippen LogP contribution in [-0.4, -0.2) is 37.0 Å². The fraction of sp³-hybridized carbons (Fsp3) is 0.111. The first-order valence-electron chi connectivity index (χ1n) is 8.13. The molecule has 1 fully saturated rings. The number of thiocarbonyl (C=S) groups is 1. The molecule has 29 heavy (non-hydrogen) atoms. The molecule has 9 nitrogen and oxygen atoms in total. The molecule has 3 rings (SSSR count). The summed E-state index contributed by atoms with van der Waals surface area (Å²) in [6.45, 7) is 2.32. The summed E-state index contributed by atoms with van der Waals surface area (Å²) in [4.78, 5) is 46.5. The van der Waals surface area contributed by atoms with Gasteiger partial charge in [0.2, 0.25) is 11.8 Å². The Labute approximate surface area is 174 Å². The van der Waals surface area contributed by atoms with Crippen molar-refractivity contribution in [2.75, 3.05) is 0 Å². The number of hydrogen-bond donors (Lipinski definition) is 0. The maximum Gasteiger partial charge on any atom is 0.285 e. The van der Waals surface area contributed by atoms with Crippen LogP contribution in [0.2, 0.25) is 0 Å². The van der Waals surface area contributed by atoms with Crippen LogP contribution < -0.4 is 0 Å². The second-order valence-electron chi connectivity index (χ2n) is 5.85. The molecule has 0 unspecified atom stereocenters. The summed E-state index contributed by atoms with van der Waals surface area (Å²) in [6.07, 6.45) is 1.45. The van der Waals surface area contributed by atoms with Crippen LogP contribution in [-0.2, 0) is 14.4 Å². The minimum atomic E-state index is -0.631. The number of rotatable bonds is 4. The van der Waals surface area contributed by atoms with Gasteiger partial charge in [-0.15, -0.1) is 0 Å². The van der Waals surface area contributed by atoms with Gasteiger partial charge < -0.3 is 4.42 Å². The molecule has 1 aliphatic heterocycles. The van der Waals surface area contributed by atoms with Gasteiger partial charge in [-0.2, -0.15) is 10.0 Å². The van der Waals surface area contributed by atoms with Gasteiger partial charge in [-0.1, -0.05) is 11.8 Å². The van der Waals surface area contributed by atoms with Crippen LogP contribution >= 0.6 is 24.0 Å². The zero-order valence-electron chi connectivity index (χ0n) is 15.1. The van der Waals surface area contributed by atoms with Crippen LogP contribution in [0.3, 0.4) is 0 Å². The molecular formula is C18H13N3O6S2. The van der Waals surface area contributed by atoms with E-state index in [1.54, 1.807) is 24.3 Å². The quantitative estimate of drug-likeness (QED) is 0.313. The van der Waals surface area contributed by atoms with Gasteiger partial charge in [-0.25, -0.2) is 0 Å². The molecule has 1 aromatic carbocycles. The van der Waals surface area contributed by atoms with E-state index in [1.807, 2.05) is 0 Å². The molecule has 0 atom stereocenters. The second kappa shape index (κ2) is 7.97. The van der Waals surface area contributed by atoms with Crippen LogP contribution in [0.4, 0.5) is 5.69 Å². The highest BCUT2D eigenvalue weighted by molar-refractivity contribution is 8.26. The Balaban J connectivity index is 1.85. The number of benzene rings is 1. The summed E-state index contributed by atoms with van der Waals surface area (Å²) in [5.74, 6) is -1.08. The molecular weight excluding hydrogens is 418 g/mol. The summed E-state index contributed by atoms with van der Waals surface area (Å²) in [7, 11) is 0. The van der Waals surface area contributed by atoms with E-state index in [1.165, 1.54) is 18.2 Å². The Kier molecular flexibility index (Phi) is 5.62. The third kappa shape index (κ3) is 4.10. The van der Waals surface area contributed by atoms with E-state index in [-0.39, 0.29) is 14.9 Å². The molecule has 0 spiro atoms. The molecule has 0 N–H and O–H groups in total. The number of imide groups is 1. The van der Waals surface area contributed by atoms with E-state index in [0.29, 0.717) is 22.1 Å². The molecule has 2 aromatic rings. The number of nitrogens with zero attached hydrogens (tertiary/aromatic N) is 3. The molecule has 0 saturated carbocycles. The Bertz CT molecular complexity index is 1060. The highest BCUT2D eigenvalue weighted by Gasteiger charge is 2.39. The first-order chi connectivity index (χ1) is 13.7. The monoisotopic (exact) mass is 431 g/mol. The number of amides is 3. The van der Waals surface area contributed by atoms with Crippen molar-refractivity contribution in [3.8, 4) is 11.3 Å². The van der Waals surface area contributed by atoms with Crippen LogP contribution in [0.25, 0.3) is 17.4 Å². The number of carbonyl (C=O) groups is 3. The van der Waals surface area contributed by atoms with Gasteiger partial charge in [0.25, 0.3) is 11.6 Å². The molecule has 3 amide bonds. The summed E-state index contributed by atoms with van der Waals surface area (Å²) < 4.78 is 5.73. The summed E-state index contributed by atoms with van der Waals surface area (Å²) in [5, 5.41) is 12.3. The smallest absolute Gasteiger partial charge is 0.285 e. The molecule has 2 heterocycles. The van der Waals surface area contributed by atoms with E-state index < -0.39 is 22.6 Å². The molecule has 1 aliphatic rings. The maximum atomic E-state index is 12.6.